The number of hydrogen-bond donors (Lipinski definition) is 1. The molecule has 0 aromatic carbocycles. The van der Waals surface area contributed by atoms with Crippen molar-refractivity contribution in [2.24, 2.45) is 5.92 Å². The first-order valence-electron chi connectivity index (χ1n) is 5.72. The van der Waals surface area contributed by atoms with Crippen molar-refractivity contribution in [1.82, 2.24) is 9.88 Å². The average molecular weight is 312 g/mol. The van der Waals surface area contributed by atoms with Crippen molar-refractivity contribution in [2.45, 2.75) is 12.8 Å². The van der Waals surface area contributed by atoms with E-state index in [1.807, 2.05) is 0 Å². The summed E-state index contributed by atoms with van der Waals surface area (Å²) < 4.78 is 0.854. The van der Waals surface area contributed by atoms with Crippen LogP contribution in [-0.4, -0.2) is 35.3 Å². The summed E-state index contributed by atoms with van der Waals surface area (Å²) in [6, 6.07) is 3.52. The lowest BCUT2D eigenvalue weighted by Crippen LogP contribution is -2.39. The number of hydrogen-bond acceptors (Lipinski definition) is 3. The molecule has 96 valence electrons. The normalized spacial score (nSPS) is 19.8. The highest BCUT2D eigenvalue weighted by Crippen LogP contribution is 2.20. The Hall–Kier alpha value is -1.43. The third kappa shape index (κ3) is 3.07. The van der Waals surface area contributed by atoms with Gasteiger partial charge in [0, 0.05) is 36.6 Å². The van der Waals surface area contributed by atoms with Gasteiger partial charge in [0.2, 0.25) is 11.8 Å². The highest BCUT2D eigenvalue weighted by molar-refractivity contribution is 9.10. The number of anilines is 1. The zero-order chi connectivity index (χ0) is 13.1. The Balaban J connectivity index is 1.98. The molecule has 1 aliphatic heterocycles. The number of rotatable bonds is 2. The smallest absolute Gasteiger partial charge is 0.229 e. The fraction of sp³-hybridized carbons (Fsp3) is 0.417. The predicted molar refractivity (Wildman–Crippen MR) is 70.9 cm³/mol. The number of carbonyl (C=O) groups is 2. The monoisotopic (exact) mass is 311 g/mol. The molecule has 1 fully saturated rings. The zero-order valence-corrected chi connectivity index (χ0v) is 11.6. The average Bonchev–Trinajstić information content (AvgIpc) is 2.32. The Labute approximate surface area is 114 Å². The van der Waals surface area contributed by atoms with Crippen molar-refractivity contribution >= 4 is 33.6 Å². The van der Waals surface area contributed by atoms with E-state index in [-0.39, 0.29) is 24.2 Å². The van der Waals surface area contributed by atoms with E-state index < -0.39 is 0 Å². The van der Waals surface area contributed by atoms with Crippen LogP contribution >= 0.6 is 15.9 Å². The van der Waals surface area contributed by atoms with Gasteiger partial charge in [-0.15, -0.1) is 0 Å². The lowest BCUT2D eigenvalue weighted by Gasteiger charge is -2.27. The second kappa shape index (κ2) is 5.48. The van der Waals surface area contributed by atoms with E-state index in [0.29, 0.717) is 18.8 Å². The first-order valence-corrected chi connectivity index (χ1v) is 6.52. The van der Waals surface area contributed by atoms with Gasteiger partial charge in [0.25, 0.3) is 0 Å². The van der Waals surface area contributed by atoms with E-state index in [1.54, 1.807) is 30.3 Å². The number of likely N-dealkylation sites (tertiary alicyclic amines) is 1. The summed E-state index contributed by atoms with van der Waals surface area (Å²) in [5, 5.41) is 2.74. The zero-order valence-electron chi connectivity index (χ0n) is 10.0. The topological polar surface area (TPSA) is 62.3 Å². The molecule has 6 heteroatoms. The van der Waals surface area contributed by atoms with Crippen molar-refractivity contribution < 1.29 is 9.59 Å². The molecule has 18 heavy (non-hydrogen) atoms. The number of amides is 2. The maximum atomic E-state index is 12.0. The molecule has 1 saturated heterocycles. The number of nitrogens with one attached hydrogen (secondary N) is 1. The van der Waals surface area contributed by atoms with Crippen molar-refractivity contribution in [1.29, 1.82) is 0 Å². The Bertz CT molecular complexity index is 478. The van der Waals surface area contributed by atoms with Crippen LogP contribution in [0.5, 0.6) is 0 Å². The molecule has 1 aromatic rings. The molecule has 5 nitrogen and oxygen atoms in total. The van der Waals surface area contributed by atoms with Gasteiger partial charge in [-0.1, -0.05) is 15.9 Å². The van der Waals surface area contributed by atoms with Gasteiger partial charge in [-0.3, -0.25) is 9.59 Å². The minimum absolute atomic E-state index is 0.0172. The molecule has 0 aliphatic carbocycles. The van der Waals surface area contributed by atoms with Crippen LogP contribution in [0.4, 0.5) is 5.82 Å². The molecule has 0 bridgehead atoms. The molecule has 2 rings (SSSR count). The summed E-state index contributed by atoms with van der Waals surface area (Å²) in [5.41, 5.74) is 0. The summed E-state index contributed by atoms with van der Waals surface area (Å²) >= 11 is 3.31. The first-order chi connectivity index (χ1) is 8.56. The quantitative estimate of drug-likeness (QED) is 0.903. The first kappa shape index (κ1) is 13.0. The third-order valence-corrected chi connectivity index (χ3v) is 3.50. The fourth-order valence-electron chi connectivity index (χ4n) is 1.87. The van der Waals surface area contributed by atoms with E-state index in [4.69, 9.17) is 0 Å². The molecule has 1 unspecified atom stereocenters. The van der Waals surface area contributed by atoms with E-state index in [2.05, 4.69) is 26.2 Å². The molecule has 0 spiro atoms. The van der Waals surface area contributed by atoms with Gasteiger partial charge >= 0.3 is 0 Å². The van der Waals surface area contributed by atoms with Gasteiger partial charge < -0.3 is 10.2 Å². The summed E-state index contributed by atoms with van der Waals surface area (Å²) in [5.74, 6) is 0.126. The summed E-state index contributed by atoms with van der Waals surface area (Å²) in [6.07, 6.45) is 2.58. The van der Waals surface area contributed by atoms with Crippen molar-refractivity contribution in [3.63, 3.8) is 0 Å². The number of nitrogens with zero attached hydrogens (tertiary/aromatic N) is 2. The van der Waals surface area contributed by atoms with Crippen molar-refractivity contribution in [3.05, 3.63) is 22.8 Å². The van der Waals surface area contributed by atoms with E-state index in [1.165, 1.54) is 0 Å². The Morgan fingerprint density at radius 3 is 3.06 bits per heavy atom. The van der Waals surface area contributed by atoms with Crippen LogP contribution in [0.25, 0.3) is 0 Å². The molecular weight excluding hydrogens is 298 g/mol. The van der Waals surface area contributed by atoms with Crippen LogP contribution in [0.1, 0.15) is 12.8 Å². The van der Waals surface area contributed by atoms with Gasteiger partial charge in [0.1, 0.15) is 5.82 Å². The Morgan fingerprint density at radius 1 is 1.61 bits per heavy atom. The van der Waals surface area contributed by atoms with Crippen molar-refractivity contribution in [2.75, 3.05) is 18.9 Å². The standard InChI is InChI=1S/C12H14BrN3O2/c1-16-5-3-8(6-11(16)17)12(18)15-10-7-9(13)2-4-14-10/h2,4,7-8H,3,5-6H2,1H3,(H,14,15,18). The van der Waals surface area contributed by atoms with Crippen LogP contribution in [0.2, 0.25) is 0 Å². The predicted octanol–water partition coefficient (Wildman–Crippen LogP) is 1.65. The van der Waals surface area contributed by atoms with Gasteiger partial charge in [0.15, 0.2) is 0 Å². The van der Waals surface area contributed by atoms with Crippen LogP contribution < -0.4 is 5.32 Å². The molecular formula is C12H14BrN3O2. The maximum Gasteiger partial charge on any atom is 0.229 e. The van der Waals surface area contributed by atoms with Crippen LogP contribution in [0.3, 0.4) is 0 Å². The lowest BCUT2D eigenvalue weighted by molar-refractivity contribution is -0.137. The number of aromatic nitrogens is 1. The van der Waals surface area contributed by atoms with Crippen LogP contribution in [0.15, 0.2) is 22.8 Å². The highest BCUT2D eigenvalue weighted by atomic mass is 79.9. The third-order valence-electron chi connectivity index (χ3n) is 3.00. The number of piperidine rings is 1. The molecule has 1 atom stereocenters. The Morgan fingerprint density at radius 2 is 2.39 bits per heavy atom. The van der Waals surface area contributed by atoms with Crippen LogP contribution in [-0.2, 0) is 9.59 Å². The molecule has 2 amide bonds. The van der Waals surface area contributed by atoms with Crippen molar-refractivity contribution in [3.8, 4) is 0 Å². The second-order valence-electron chi connectivity index (χ2n) is 4.35. The van der Waals surface area contributed by atoms with E-state index in [0.717, 1.165) is 4.47 Å². The molecule has 2 heterocycles. The molecule has 1 aromatic heterocycles. The SMILES string of the molecule is CN1CCC(C(=O)Nc2cc(Br)ccn2)CC1=O. The summed E-state index contributed by atoms with van der Waals surface area (Å²) in [7, 11) is 1.76. The van der Waals surface area contributed by atoms with Gasteiger partial charge in [0.05, 0.1) is 0 Å². The number of halogens is 1. The van der Waals surface area contributed by atoms with E-state index in [9.17, 15) is 9.59 Å². The van der Waals surface area contributed by atoms with Gasteiger partial charge in [-0.25, -0.2) is 4.98 Å². The highest BCUT2D eigenvalue weighted by Gasteiger charge is 2.28. The minimum Gasteiger partial charge on any atom is -0.346 e. The molecule has 1 N–H and O–H groups in total. The number of pyridine rings is 1. The minimum atomic E-state index is -0.255. The fourth-order valence-corrected chi connectivity index (χ4v) is 2.20. The van der Waals surface area contributed by atoms with Crippen LogP contribution in [0, 0.1) is 5.92 Å². The summed E-state index contributed by atoms with van der Waals surface area (Å²) in [4.78, 5) is 29.2. The maximum absolute atomic E-state index is 12.0. The largest absolute Gasteiger partial charge is 0.346 e. The number of carbonyl (C=O) groups excluding carboxylic acids is 2. The van der Waals surface area contributed by atoms with Gasteiger partial charge in [-0.2, -0.15) is 0 Å². The second-order valence-corrected chi connectivity index (χ2v) is 5.27. The molecule has 0 saturated carbocycles. The Kier molecular flexibility index (Phi) is 3.96. The molecule has 1 aliphatic rings. The lowest BCUT2D eigenvalue weighted by atomic mass is 9.96. The van der Waals surface area contributed by atoms with Gasteiger partial charge in [-0.05, 0) is 18.6 Å². The molecule has 0 radical (unpaired) electrons. The van der Waals surface area contributed by atoms with E-state index >= 15 is 0 Å². The summed E-state index contributed by atoms with van der Waals surface area (Å²) in [6.45, 7) is 0.628.